The summed E-state index contributed by atoms with van der Waals surface area (Å²) < 4.78 is 0. The third kappa shape index (κ3) is 16.4. The van der Waals surface area contributed by atoms with Gasteiger partial charge in [0.1, 0.15) is 42.3 Å². The molecule has 376 valence electrons. The molecule has 0 unspecified atom stereocenters. The van der Waals surface area contributed by atoms with Crippen LogP contribution in [-0.2, 0) is 57.6 Å². The van der Waals surface area contributed by atoms with Gasteiger partial charge in [0.2, 0.25) is 41.4 Å². The Morgan fingerprint density at radius 3 is 1.63 bits per heavy atom. The fourth-order valence-electron chi connectivity index (χ4n) is 8.36. The molecule has 2 aliphatic heterocycles. The number of benzene rings is 3. The third-order valence-corrected chi connectivity index (χ3v) is 12.2. The first-order valence-electron chi connectivity index (χ1n) is 23.6. The average molecular weight is 967 g/mol. The number of hydrogen-bond donors (Lipinski definition) is 12. The minimum Gasteiger partial charge on any atom is -0.480 e. The molecule has 3 aromatic rings. The van der Waals surface area contributed by atoms with E-state index in [2.05, 4.69) is 42.5 Å². The molecule has 2 saturated heterocycles. The van der Waals surface area contributed by atoms with Gasteiger partial charge in [-0.2, -0.15) is 0 Å². The number of carbonyl (C=O) groups is 8. The maximum Gasteiger partial charge on any atom is 0.326 e. The zero-order chi connectivity index (χ0) is 50.6. The first-order chi connectivity index (χ1) is 33.6. The second kappa shape index (κ2) is 27.0. The normalized spacial score (nSPS) is 17.8. The summed E-state index contributed by atoms with van der Waals surface area (Å²) in [4.78, 5) is 110. The van der Waals surface area contributed by atoms with Gasteiger partial charge in [-0.25, -0.2) is 4.79 Å². The van der Waals surface area contributed by atoms with Crippen LogP contribution in [0.1, 0.15) is 62.1 Å². The van der Waals surface area contributed by atoms with E-state index in [9.17, 15) is 43.5 Å². The number of guanidine groups is 1. The highest BCUT2D eigenvalue weighted by molar-refractivity contribution is 5.98. The van der Waals surface area contributed by atoms with Crippen molar-refractivity contribution in [3.8, 4) is 0 Å². The molecule has 0 spiro atoms. The van der Waals surface area contributed by atoms with Crippen molar-refractivity contribution in [2.45, 2.75) is 113 Å². The molecule has 21 nitrogen and oxygen atoms in total. The Balaban J connectivity index is 1.30. The largest absolute Gasteiger partial charge is 0.480 e. The van der Waals surface area contributed by atoms with E-state index in [1.54, 1.807) is 91.0 Å². The van der Waals surface area contributed by atoms with E-state index in [1.807, 2.05) is 0 Å². The molecule has 14 N–H and O–H groups in total. The molecule has 0 radical (unpaired) electrons. The topological polar surface area (TPSA) is 332 Å². The van der Waals surface area contributed by atoms with E-state index < -0.39 is 96.3 Å². The first kappa shape index (κ1) is 53.6. The summed E-state index contributed by atoms with van der Waals surface area (Å²) in [6, 6.07) is 17.5. The molecule has 0 saturated carbocycles. The maximum absolute atomic E-state index is 14.4. The first-order valence-corrected chi connectivity index (χ1v) is 23.6. The molecule has 70 heavy (non-hydrogen) atoms. The van der Waals surface area contributed by atoms with Gasteiger partial charge in [-0.3, -0.25) is 39.0 Å². The number of nitrogens with one attached hydrogen (secondary N) is 9. The van der Waals surface area contributed by atoms with Gasteiger partial charge in [-0.05, 0) is 68.7 Å². The average Bonchev–Trinajstić information content (AvgIpc) is 4.08. The molecule has 5 rings (SSSR count). The van der Waals surface area contributed by atoms with Crippen molar-refractivity contribution in [1.82, 2.24) is 47.4 Å². The van der Waals surface area contributed by atoms with Crippen LogP contribution in [-0.4, -0.2) is 138 Å². The highest BCUT2D eigenvalue weighted by Gasteiger charge is 2.39. The zero-order valence-electron chi connectivity index (χ0n) is 39.3. The Kier molecular flexibility index (Phi) is 20.6. The molecule has 7 amide bonds. The number of nitrogens with two attached hydrogens (primary N) is 2. The van der Waals surface area contributed by atoms with Gasteiger partial charge in [-0.1, -0.05) is 91.0 Å². The summed E-state index contributed by atoms with van der Waals surface area (Å²) in [5.41, 5.74) is 13.5. The number of hydrogen-bond acceptors (Lipinski definition) is 11. The van der Waals surface area contributed by atoms with Crippen LogP contribution in [0.5, 0.6) is 0 Å². The molecular formula is C49H66N12O9. The highest BCUT2D eigenvalue weighted by Crippen LogP contribution is 2.20. The standard InChI is InChI=1S/C49H66N12O9/c1-30(41(62)59-38(28-33-18-9-4-10-19-33)47(68)61-25-13-22-40(61)48(69)70)55-46(67)39(29-50)60-45(66)37(27-32-16-7-3-8-17-32)58-44(65)36(26-31-14-5-2-6-15-31)57-43(64)35(21-12-24-54-49(51)52)56-42(63)34-20-11-23-53-34/h2-10,14-19,30,34-40,53H,11-13,20-29,50H2,1H3,(H,55,67)(H,56,63)(H,57,64)(H,58,65)(H,59,62)(H,60,66)(H,69,70)(H4,51,52,54)/t30-,34-,35-,36+,37+,38-,39-,40+/m0/s1. The molecule has 0 aromatic heterocycles. The van der Waals surface area contributed by atoms with Gasteiger partial charge in [0.15, 0.2) is 5.96 Å². The maximum atomic E-state index is 14.4. The molecule has 8 atom stereocenters. The van der Waals surface area contributed by atoms with Crippen molar-refractivity contribution in [2.75, 3.05) is 26.2 Å². The van der Waals surface area contributed by atoms with Crippen LogP contribution in [0.3, 0.4) is 0 Å². The lowest BCUT2D eigenvalue weighted by Crippen LogP contribution is -2.61. The molecule has 0 aliphatic carbocycles. The lowest BCUT2D eigenvalue weighted by Gasteiger charge is -2.29. The molecular weight excluding hydrogens is 901 g/mol. The minimum atomic E-state index is -1.41. The monoisotopic (exact) mass is 967 g/mol. The number of rotatable bonds is 25. The van der Waals surface area contributed by atoms with Gasteiger partial charge >= 0.3 is 5.97 Å². The van der Waals surface area contributed by atoms with Gasteiger partial charge in [0.25, 0.3) is 0 Å². The Morgan fingerprint density at radius 2 is 1.14 bits per heavy atom. The van der Waals surface area contributed by atoms with Crippen LogP contribution in [0.15, 0.2) is 91.0 Å². The third-order valence-electron chi connectivity index (χ3n) is 12.2. The van der Waals surface area contributed by atoms with E-state index in [0.29, 0.717) is 42.5 Å². The van der Waals surface area contributed by atoms with Crippen molar-refractivity contribution in [1.29, 1.82) is 5.41 Å². The summed E-state index contributed by atoms with van der Waals surface area (Å²) in [6.07, 6.45) is 2.62. The Labute approximate surface area is 406 Å². The quantitative estimate of drug-likeness (QED) is 0.0267. The van der Waals surface area contributed by atoms with Crippen LogP contribution < -0.4 is 54.0 Å². The van der Waals surface area contributed by atoms with Crippen LogP contribution >= 0.6 is 0 Å². The molecule has 2 heterocycles. The van der Waals surface area contributed by atoms with Crippen molar-refractivity contribution >= 4 is 53.3 Å². The number of carboxylic acids is 1. The summed E-state index contributed by atoms with van der Waals surface area (Å²) in [5.74, 6) is -6.12. The summed E-state index contributed by atoms with van der Waals surface area (Å²) in [7, 11) is 0. The lowest BCUT2D eigenvalue weighted by molar-refractivity contribution is -0.149. The molecule has 2 aliphatic rings. The summed E-state index contributed by atoms with van der Waals surface area (Å²) in [5, 5.41) is 39.3. The second-order valence-corrected chi connectivity index (χ2v) is 17.5. The van der Waals surface area contributed by atoms with Crippen LogP contribution in [0.2, 0.25) is 0 Å². The SMILES string of the molecule is C[C@H](NC(=O)[C@H](CN)NC(=O)[C@@H](Cc1ccccc1)NC(=O)[C@@H](Cc1ccccc1)NC(=O)[C@H](CCCNC(=N)N)NC(=O)[C@@H]1CCCN1)C(=O)N[C@@H](Cc1ccccc1)C(=O)N1CCC[C@@H]1C(=O)O. The highest BCUT2D eigenvalue weighted by atomic mass is 16.4. The predicted octanol–water partition coefficient (Wildman–Crippen LogP) is -1.31. The second-order valence-electron chi connectivity index (χ2n) is 17.5. The zero-order valence-corrected chi connectivity index (χ0v) is 39.3. The summed E-state index contributed by atoms with van der Waals surface area (Å²) >= 11 is 0. The Bertz CT molecular complexity index is 2270. The number of carbonyl (C=O) groups excluding carboxylic acids is 7. The number of likely N-dealkylation sites (tertiary alicyclic amines) is 1. The van der Waals surface area contributed by atoms with Gasteiger partial charge in [0.05, 0.1) is 6.04 Å². The number of nitrogens with zero attached hydrogens (tertiary/aromatic N) is 1. The minimum absolute atomic E-state index is 0.00140. The van der Waals surface area contributed by atoms with Crippen molar-refractivity contribution in [3.63, 3.8) is 0 Å². The fraction of sp³-hybridized carbons (Fsp3) is 0.449. The van der Waals surface area contributed by atoms with Crippen molar-refractivity contribution < 1.29 is 43.5 Å². The van der Waals surface area contributed by atoms with E-state index in [4.69, 9.17) is 16.9 Å². The summed E-state index contributed by atoms with van der Waals surface area (Å²) in [6.45, 7) is 2.07. The molecule has 21 heteroatoms. The predicted molar refractivity (Wildman–Crippen MR) is 259 cm³/mol. The van der Waals surface area contributed by atoms with Crippen LogP contribution in [0.25, 0.3) is 0 Å². The van der Waals surface area contributed by atoms with Gasteiger partial charge in [-0.15, -0.1) is 0 Å². The van der Waals surface area contributed by atoms with E-state index in [-0.39, 0.29) is 57.1 Å². The van der Waals surface area contributed by atoms with Gasteiger partial charge in [0, 0.05) is 38.9 Å². The number of amides is 7. The fourth-order valence-corrected chi connectivity index (χ4v) is 8.36. The smallest absolute Gasteiger partial charge is 0.326 e. The van der Waals surface area contributed by atoms with Crippen LogP contribution in [0.4, 0.5) is 0 Å². The van der Waals surface area contributed by atoms with Crippen molar-refractivity contribution in [2.24, 2.45) is 11.5 Å². The number of carboxylic acid groups (broad SMARTS) is 1. The Hall–Kier alpha value is -7.39. The van der Waals surface area contributed by atoms with E-state index >= 15 is 0 Å². The van der Waals surface area contributed by atoms with Crippen LogP contribution in [0, 0.1) is 5.41 Å². The molecule has 0 bridgehead atoms. The van der Waals surface area contributed by atoms with E-state index in [1.165, 1.54) is 11.8 Å². The van der Waals surface area contributed by atoms with Gasteiger partial charge < -0.3 is 64.0 Å². The molecule has 3 aromatic carbocycles. The van der Waals surface area contributed by atoms with Crippen molar-refractivity contribution in [3.05, 3.63) is 108 Å². The Morgan fingerprint density at radius 1 is 0.657 bits per heavy atom. The lowest BCUT2D eigenvalue weighted by atomic mass is 10.0. The number of aliphatic carboxylic acids is 1. The molecule has 2 fully saturated rings. The van der Waals surface area contributed by atoms with E-state index in [0.717, 1.165) is 6.42 Å².